The molecule has 0 amide bonds. The van der Waals surface area contributed by atoms with E-state index >= 15 is 0 Å². The molecule has 0 aliphatic heterocycles. The third kappa shape index (κ3) is 18.4. The molecule has 1 unspecified atom stereocenters. The van der Waals surface area contributed by atoms with Gasteiger partial charge in [0.15, 0.2) is 20.5 Å². The number of carbonyl (C=O) groups excluding carboxylic acids is 1. The summed E-state index contributed by atoms with van der Waals surface area (Å²) < 4.78 is 158. The minimum Gasteiger partial charge on any atom is -0.390 e. The fraction of sp³-hybridized carbons (Fsp3) is 0.607. The van der Waals surface area contributed by atoms with Crippen molar-refractivity contribution in [3.8, 4) is 17.8 Å². The summed E-state index contributed by atoms with van der Waals surface area (Å²) in [6, 6.07) is 9.36. The molecule has 5 N–H and O–H groups in total. The maximum absolute atomic E-state index is 13.4. The van der Waals surface area contributed by atoms with Gasteiger partial charge in [-0.1, -0.05) is 19.6 Å². The molecule has 87 heavy (non-hydrogen) atoms. The van der Waals surface area contributed by atoms with Crippen molar-refractivity contribution in [1.82, 2.24) is 59.2 Å². The lowest BCUT2D eigenvalue weighted by Crippen LogP contribution is -2.40. The van der Waals surface area contributed by atoms with Crippen molar-refractivity contribution in [2.75, 3.05) is 16.0 Å². The first kappa shape index (κ1) is 64.7. The van der Waals surface area contributed by atoms with Crippen LogP contribution in [0.15, 0.2) is 55.0 Å². The summed E-state index contributed by atoms with van der Waals surface area (Å²) in [4.78, 5) is 36.6. The molecular weight excluding hydrogens is 1190 g/mol. The summed E-state index contributed by atoms with van der Waals surface area (Å²) in [5.41, 5.74) is 2.91. The first-order valence-corrected chi connectivity index (χ1v) is 32.5. The second kappa shape index (κ2) is 26.1. The zero-order valence-electron chi connectivity index (χ0n) is 48.0. The Morgan fingerprint density at radius 3 is 1.20 bits per heavy atom. The molecule has 31 heteroatoms. The Balaban J connectivity index is 0.000000147. The summed E-state index contributed by atoms with van der Waals surface area (Å²) in [6.07, 6.45) is 5.49. The van der Waals surface area contributed by atoms with Crippen molar-refractivity contribution >= 4 is 31.8 Å². The molecule has 0 aromatic carbocycles. The standard InChI is InChI=1S/C18H20F5N5O.C17H21F2N5O.C17H19F2N5O.C4H9F3Si/c19-17(20)6-3-11(4-7-17)24-14-9-13(15(29)18(21,22)23)25-16(26-14)28-8-5-12(27-28)10-1-2-10;2*18-17(19)6-3-12(4-7-17)20-15-9-13(10-25)21-16(22-15)24-8-5-14(23-24)11-1-2-11;1-8(2,3)4(5,6)7/h5,8-11,15,29H,1-4,6-7H2,(H,24,25,26);5,8-9,11-12,25H,1-4,6-7,10H2,(H,20,21,22);5,8-12H,1-4,6-7H2,(H,20,21,22);1-3H3. The van der Waals surface area contributed by atoms with Gasteiger partial charge in [0.05, 0.1) is 35.1 Å². The number of hydrogen-bond donors (Lipinski definition) is 5. The first-order chi connectivity index (χ1) is 40.9. The van der Waals surface area contributed by atoms with Gasteiger partial charge in [-0.15, -0.1) is 0 Å². The lowest BCUT2D eigenvalue weighted by Gasteiger charge is -2.29. The van der Waals surface area contributed by atoms with Crippen LogP contribution < -0.4 is 16.0 Å². The highest BCUT2D eigenvalue weighted by Gasteiger charge is 2.45. The summed E-state index contributed by atoms with van der Waals surface area (Å²) in [5.74, 6) is -8.80. The van der Waals surface area contributed by atoms with Crippen LogP contribution in [0.25, 0.3) is 17.8 Å². The maximum atomic E-state index is 13.4. The number of aliphatic hydroxyl groups is 2. The largest absolute Gasteiger partial charge is 0.420 e. The number of rotatable bonds is 15. The Kier molecular flexibility index (Phi) is 19.4. The number of aldehydes is 1. The van der Waals surface area contributed by atoms with Crippen LogP contribution in [0.2, 0.25) is 19.6 Å². The molecule has 0 radical (unpaired) electrons. The van der Waals surface area contributed by atoms with E-state index in [-0.39, 0.29) is 93.6 Å². The van der Waals surface area contributed by atoms with E-state index in [2.05, 4.69) is 61.2 Å². The molecule has 6 saturated carbocycles. The number of anilines is 3. The van der Waals surface area contributed by atoms with E-state index < -0.39 is 49.6 Å². The Morgan fingerprint density at radius 1 is 0.540 bits per heavy atom. The third-order valence-electron chi connectivity index (χ3n) is 15.6. The van der Waals surface area contributed by atoms with Crippen LogP contribution in [0.4, 0.5) is 70.1 Å². The predicted molar refractivity (Wildman–Crippen MR) is 298 cm³/mol. The molecule has 6 aliphatic carbocycles. The van der Waals surface area contributed by atoms with E-state index in [9.17, 15) is 67.7 Å². The van der Waals surface area contributed by atoms with Crippen LogP contribution in [0, 0.1) is 0 Å². The quantitative estimate of drug-likeness (QED) is 0.0366. The van der Waals surface area contributed by atoms with Gasteiger partial charge in [-0.05, 0) is 95.2 Å². The van der Waals surface area contributed by atoms with Gasteiger partial charge in [-0.3, -0.25) is 4.79 Å². The van der Waals surface area contributed by atoms with Crippen molar-refractivity contribution in [2.24, 2.45) is 0 Å². The van der Waals surface area contributed by atoms with Crippen LogP contribution >= 0.6 is 0 Å². The smallest absolute Gasteiger partial charge is 0.390 e. The fourth-order valence-corrected chi connectivity index (χ4v) is 9.69. The molecule has 6 aromatic heterocycles. The third-order valence-corrected chi connectivity index (χ3v) is 17.3. The number of alkyl halides is 12. The Bertz CT molecular complexity index is 3240. The van der Waals surface area contributed by atoms with Crippen LogP contribution in [-0.2, 0) is 6.61 Å². The number of aliphatic hydroxyl groups excluding tert-OH is 2. The molecule has 12 rings (SSSR count). The lowest BCUT2D eigenvalue weighted by molar-refractivity contribution is -0.207. The van der Waals surface area contributed by atoms with Crippen LogP contribution in [0.3, 0.4) is 0 Å². The minimum atomic E-state index is -4.90. The second-order valence-corrected chi connectivity index (χ2v) is 29.2. The number of nitrogens with zero attached hydrogens (tertiary/aromatic N) is 12. The van der Waals surface area contributed by atoms with Crippen molar-refractivity contribution in [2.45, 2.75) is 214 Å². The van der Waals surface area contributed by atoms with Gasteiger partial charge in [0.1, 0.15) is 23.1 Å². The van der Waals surface area contributed by atoms with E-state index in [1.54, 1.807) is 33.9 Å². The second-order valence-electron chi connectivity index (χ2n) is 24.2. The topological polar surface area (TPSA) is 224 Å². The molecule has 0 spiro atoms. The molecule has 6 aliphatic rings. The molecule has 474 valence electrons. The average Bonchev–Trinajstić information content (AvgIpc) is 3.16. The fourth-order valence-electron chi connectivity index (χ4n) is 9.69. The predicted octanol–water partition coefficient (Wildman–Crippen LogP) is 12.9. The number of nitrogens with one attached hydrogen (secondary N) is 3. The Morgan fingerprint density at radius 2 is 0.874 bits per heavy atom. The van der Waals surface area contributed by atoms with Crippen LogP contribution in [0.1, 0.15) is 178 Å². The van der Waals surface area contributed by atoms with E-state index in [4.69, 9.17) is 0 Å². The zero-order valence-corrected chi connectivity index (χ0v) is 49.0. The van der Waals surface area contributed by atoms with Gasteiger partial charge in [0, 0.05) is 111 Å². The molecule has 6 aromatic rings. The first-order valence-electron chi connectivity index (χ1n) is 29.0. The molecular formula is C56H69F12N15O3Si. The van der Waals surface area contributed by atoms with E-state index in [0.717, 1.165) is 61.7 Å². The Labute approximate surface area is 493 Å². The monoisotopic (exact) mass is 1260 g/mol. The summed E-state index contributed by atoms with van der Waals surface area (Å²) in [5, 5.41) is 41.7. The van der Waals surface area contributed by atoms with Crippen LogP contribution in [0.5, 0.6) is 0 Å². The highest BCUT2D eigenvalue weighted by atomic mass is 28.3. The van der Waals surface area contributed by atoms with Gasteiger partial charge >= 0.3 is 12.0 Å². The Hall–Kier alpha value is -6.76. The highest BCUT2D eigenvalue weighted by molar-refractivity contribution is 6.78. The van der Waals surface area contributed by atoms with Gasteiger partial charge in [-0.25, -0.2) is 55.3 Å². The molecule has 6 heterocycles. The summed E-state index contributed by atoms with van der Waals surface area (Å²) in [6.45, 7) is 3.64. The van der Waals surface area contributed by atoms with Gasteiger partial charge in [0.2, 0.25) is 17.8 Å². The number of aromatic nitrogens is 12. The van der Waals surface area contributed by atoms with Gasteiger partial charge < -0.3 is 26.2 Å². The van der Waals surface area contributed by atoms with Gasteiger partial charge in [-0.2, -0.15) is 56.6 Å². The van der Waals surface area contributed by atoms with E-state index in [0.29, 0.717) is 78.9 Å². The lowest BCUT2D eigenvalue weighted by atomic mass is 9.92. The van der Waals surface area contributed by atoms with E-state index in [1.807, 2.05) is 18.3 Å². The molecule has 6 fully saturated rings. The number of hydrogen-bond acceptors (Lipinski definition) is 15. The van der Waals surface area contributed by atoms with Crippen LogP contribution in [-0.4, -0.2) is 132 Å². The SMILES string of the molecule is C[Si](C)(C)C(F)(F)F.O=Cc1cc(NC2CCC(F)(F)CC2)nc(-n2ccc(C3CC3)n2)n1.OC(c1cc(NC2CCC(F)(F)CC2)nc(-n2ccc(C3CC3)n2)n1)C(F)(F)F.OCc1cc(NC2CCC(F)(F)CC2)nc(-n2ccc(C3CC3)n2)n1. The number of halogens is 12. The van der Waals surface area contributed by atoms with Crippen molar-refractivity contribution in [3.05, 3.63) is 89.2 Å². The van der Waals surface area contributed by atoms with Crippen molar-refractivity contribution in [1.29, 1.82) is 0 Å². The normalized spacial score (nSPS) is 20.1. The van der Waals surface area contributed by atoms with Crippen molar-refractivity contribution in [3.63, 3.8) is 0 Å². The number of carbonyl (C=O) groups is 1. The van der Waals surface area contributed by atoms with E-state index in [1.165, 1.54) is 30.4 Å². The molecule has 18 nitrogen and oxygen atoms in total. The highest BCUT2D eigenvalue weighted by Crippen LogP contribution is 2.42. The maximum Gasteiger partial charge on any atom is 0.420 e. The minimum absolute atomic E-state index is 0.0342. The van der Waals surface area contributed by atoms with Gasteiger partial charge in [0.25, 0.3) is 17.8 Å². The molecule has 0 bridgehead atoms. The molecule has 0 saturated heterocycles. The summed E-state index contributed by atoms with van der Waals surface area (Å²) in [7, 11) is -2.86. The van der Waals surface area contributed by atoms with Crippen molar-refractivity contribution < 1.29 is 67.7 Å². The zero-order chi connectivity index (χ0) is 62.7. The summed E-state index contributed by atoms with van der Waals surface area (Å²) >= 11 is 0. The average molecular weight is 1260 g/mol. The molecule has 1 atom stereocenters.